The lowest BCUT2D eigenvalue weighted by Gasteiger charge is -2.08. The summed E-state index contributed by atoms with van der Waals surface area (Å²) in [4.78, 5) is 29.5. The van der Waals surface area contributed by atoms with Crippen LogP contribution >= 0.6 is 0 Å². The highest BCUT2D eigenvalue weighted by Gasteiger charge is 2.33. The molecule has 0 saturated carbocycles. The molecule has 2 aromatic rings. The van der Waals surface area contributed by atoms with Crippen molar-refractivity contribution < 1.29 is 9.72 Å². The molecule has 0 aliphatic heterocycles. The summed E-state index contributed by atoms with van der Waals surface area (Å²) < 4.78 is 1.45. The molecular formula is C9H11N7O3. The molecule has 0 radical (unpaired) electrons. The van der Waals surface area contributed by atoms with Crippen LogP contribution in [0.2, 0.25) is 0 Å². The maximum atomic E-state index is 12.0. The molecule has 0 amide bonds. The highest BCUT2D eigenvalue weighted by Crippen LogP contribution is 2.21. The summed E-state index contributed by atoms with van der Waals surface area (Å²) in [6.07, 6.45) is 2.27. The summed E-state index contributed by atoms with van der Waals surface area (Å²) >= 11 is 0. The average molecular weight is 265 g/mol. The standard InChI is InChI=1S/C9H11N7O3/c1-9(2,3)6-12-7(16(18)19)15(13-6)8(17)14-5-10-4-11-14/h4-5H,1-3H3. The van der Waals surface area contributed by atoms with Crippen LogP contribution in [-0.2, 0) is 5.41 Å². The fraction of sp³-hybridized carbons (Fsp3) is 0.444. The first kappa shape index (κ1) is 12.8. The number of aromatic nitrogens is 6. The van der Waals surface area contributed by atoms with E-state index in [1.54, 1.807) is 20.8 Å². The van der Waals surface area contributed by atoms with Crippen LogP contribution in [0, 0.1) is 10.1 Å². The maximum Gasteiger partial charge on any atom is 0.465 e. The third-order valence-electron chi connectivity index (χ3n) is 2.22. The van der Waals surface area contributed by atoms with Crippen LogP contribution in [0.25, 0.3) is 0 Å². The number of hydrogen-bond acceptors (Lipinski definition) is 7. The van der Waals surface area contributed by atoms with E-state index in [1.807, 2.05) is 0 Å². The number of rotatable bonds is 1. The molecule has 0 aliphatic carbocycles. The van der Waals surface area contributed by atoms with Gasteiger partial charge in [-0.15, -0.1) is 5.10 Å². The molecule has 2 aromatic heterocycles. The highest BCUT2D eigenvalue weighted by molar-refractivity contribution is 5.78. The first-order valence-corrected chi connectivity index (χ1v) is 5.32. The molecule has 0 atom stereocenters. The molecule has 0 fully saturated rings. The van der Waals surface area contributed by atoms with Crippen molar-refractivity contribution in [3.05, 3.63) is 28.6 Å². The van der Waals surface area contributed by atoms with Gasteiger partial charge >= 0.3 is 12.0 Å². The fourth-order valence-electron chi connectivity index (χ4n) is 1.27. The summed E-state index contributed by atoms with van der Waals surface area (Å²) in [6.45, 7) is 5.36. The van der Waals surface area contributed by atoms with Crippen molar-refractivity contribution in [1.29, 1.82) is 0 Å². The molecule has 2 heterocycles. The largest absolute Gasteiger partial charge is 0.465 e. The van der Waals surface area contributed by atoms with Crippen molar-refractivity contribution in [1.82, 2.24) is 29.5 Å². The van der Waals surface area contributed by atoms with Crippen LogP contribution < -0.4 is 0 Å². The van der Waals surface area contributed by atoms with E-state index in [-0.39, 0.29) is 5.82 Å². The highest BCUT2D eigenvalue weighted by atomic mass is 16.6. The van der Waals surface area contributed by atoms with Gasteiger partial charge in [0.1, 0.15) is 12.7 Å². The zero-order valence-electron chi connectivity index (χ0n) is 10.5. The van der Waals surface area contributed by atoms with E-state index in [0.717, 1.165) is 17.3 Å². The molecule has 0 aromatic carbocycles. The smallest absolute Gasteiger partial charge is 0.390 e. The summed E-state index contributed by atoms with van der Waals surface area (Å²) in [5.74, 6) is -0.446. The van der Waals surface area contributed by atoms with Crippen molar-refractivity contribution >= 4 is 12.0 Å². The van der Waals surface area contributed by atoms with Crippen molar-refractivity contribution in [2.45, 2.75) is 26.2 Å². The maximum absolute atomic E-state index is 12.0. The van der Waals surface area contributed by atoms with Gasteiger partial charge in [-0.05, 0) is 14.6 Å². The number of hydrogen-bond donors (Lipinski definition) is 0. The van der Waals surface area contributed by atoms with Gasteiger partial charge in [0, 0.05) is 5.41 Å². The lowest BCUT2D eigenvalue weighted by molar-refractivity contribution is -0.395. The number of nitro groups is 1. The van der Waals surface area contributed by atoms with Gasteiger partial charge in [-0.1, -0.05) is 25.9 Å². The number of carbonyl (C=O) groups excluding carboxylic acids is 1. The van der Waals surface area contributed by atoms with Crippen LogP contribution in [0.5, 0.6) is 0 Å². The fourth-order valence-corrected chi connectivity index (χ4v) is 1.27. The minimum atomic E-state index is -0.813. The van der Waals surface area contributed by atoms with E-state index in [9.17, 15) is 14.9 Å². The van der Waals surface area contributed by atoms with Crippen LogP contribution in [-0.4, -0.2) is 40.5 Å². The zero-order chi connectivity index (χ0) is 14.2. The van der Waals surface area contributed by atoms with Crippen LogP contribution in [0.1, 0.15) is 26.6 Å². The van der Waals surface area contributed by atoms with E-state index >= 15 is 0 Å². The second kappa shape index (κ2) is 4.23. The van der Waals surface area contributed by atoms with Gasteiger partial charge in [0.2, 0.25) is 5.82 Å². The molecule has 10 nitrogen and oxygen atoms in total. The third-order valence-corrected chi connectivity index (χ3v) is 2.22. The predicted molar refractivity (Wildman–Crippen MR) is 61.6 cm³/mol. The monoisotopic (exact) mass is 265 g/mol. The number of carbonyl (C=O) groups is 1. The molecule has 2 rings (SSSR count). The van der Waals surface area contributed by atoms with Gasteiger partial charge in [-0.2, -0.15) is 4.68 Å². The molecular weight excluding hydrogens is 254 g/mol. The summed E-state index contributed by atoms with van der Waals surface area (Å²) in [5.41, 5.74) is -0.515. The minimum Gasteiger partial charge on any atom is -0.390 e. The van der Waals surface area contributed by atoms with Gasteiger partial charge in [-0.25, -0.2) is 9.78 Å². The van der Waals surface area contributed by atoms with E-state index in [2.05, 4.69) is 20.2 Å². The van der Waals surface area contributed by atoms with Crippen molar-refractivity contribution in [3.8, 4) is 0 Å². The quantitative estimate of drug-likeness (QED) is 0.546. The third kappa shape index (κ3) is 2.32. The SMILES string of the molecule is CC(C)(C)c1nc([N+](=O)[O-])n(C(=O)n2cncn2)n1. The topological polar surface area (TPSA) is 122 Å². The Morgan fingerprint density at radius 3 is 2.58 bits per heavy atom. The second-order valence-corrected chi connectivity index (χ2v) is 4.78. The van der Waals surface area contributed by atoms with Gasteiger partial charge in [0.15, 0.2) is 0 Å². The first-order valence-electron chi connectivity index (χ1n) is 5.32. The van der Waals surface area contributed by atoms with E-state index in [0.29, 0.717) is 4.68 Å². The number of nitrogens with zero attached hydrogens (tertiary/aromatic N) is 7. The van der Waals surface area contributed by atoms with Crippen LogP contribution in [0.15, 0.2) is 12.7 Å². The Morgan fingerprint density at radius 2 is 2.11 bits per heavy atom. The lowest BCUT2D eigenvalue weighted by Crippen LogP contribution is -2.23. The van der Waals surface area contributed by atoms with E-state index in [4.69, 9.17) is 0 Å². The summed E-state index contributed by atoms with van der Waals surface area (Å²) in [6, 6.07) is -0.813. The molecule has 100 valence electrons. The Bertz CT molecular complexity index is 623. The van der Waals surface area contributed by atoms with Crippen molar-refractivity contribution in [2.75, 3.05) is 0 Å². The summed E-state index contributed by atoms with van der Waals surface area (Å²) in [7, 11) is 0. The minimum absolute atomic E-state index is 0.202. The zero-order valence-corrected chi connectivity index (χ0v) is 10.5. The molecule has 0 spiro atoms. The Kier molecular flexibility index (Phi) is 2.85. The lowest BCUT2D eigenvalue weighted by atomic mass is 9.96. The Hall–Kier alpha value is -2.65. The normalized spacial score (nSPS) is 11.5. The molecule has 19 heavy (non-hydrogen) atoms. The molecule has 0 unspecified atom stereocenters. The second-order valence-electron chi connectivity index (χ2n) is 4.78. The van der Waals surface area contributed by atoms with Gasteiger partial charge in [-0.3, -0.25) is 0 Å². The molecule has 0 bridgehead atoms. The summed E-state index contributed by atoms with van der Waals surface area (Å²) in [5, 5.41) is 18.4. The van der Waals surface area contributed by atoms with E-state index < -0.39 is 22.3 Å². The van der Waals surface area contributed by atoms with Crippen LogP contribution in [0.4, 0.5) is 10.7 Å². The van der Waals surface area contributed by atoms with E-state index in [1.165, 1.54) is 0 Å². The van der Waals surface area contributed by atoms with Gasteiger partial charge in [0.25, 0.3) is 0 Å². The average Bonchev–Trinajstić information content (AvgIpc) is 2.96. The molecule has 0 N–H and O–H groups in total. The predicted octanol–water partition coefficient (Wildman–Crippen LogP) is 0.592. The van der Waals surface area contributed by atoms with Gasteiger partial charge in [0.05, 0.1) is 0 Å². The van der Waals surface area contributed by atoms with Gasteiger partial charge < -0.3 is 10.1 Å². The first-order chi connectivity index (χ1) is 8.80. The van der Waals surface area contributed by atoms with Crippen molar-refractivity contribution in [3.63, 3.8) is 0 Å². The Labute approximate surface area is 107 Å². The molecule has 0 aliphatic rings. The van der Waals surface area contributed by atoms with Crippen molar-refractivity contribution in [2.24, 2.45) is 0 Å². The Morgan fingerprint density at radius 1 is 1.42 bits per heavy atom. The van der Waals surface area contributed by atoms with Crippen LogP contribution in [0.3, 0.4) is 0 Å². The molecule has 10 heteroatoms. The Balaban J connectivity index is 2.53. The molecule has 0 saturated heterocycles.